The Kier molecular flexibility index (Phi) is 7.65. The molecule has 0 radical (unpaired) electrons. The monoisotopic (exact) mass is 450 g/mol. The van der Waals surface area contributed by atoms with Crippen LogP contribution in [0, 0.1) is 6.92 Å². The van der Waals surface area contributed by atoms with E-state index in [-0.39, 0.29) is 12.6 Å². The van der Waals surface area contributed by atoms with Crippen molar-refractivity contribution in [2.75, 3.05) is 19.9 Å². The number of benzene rings is 2. The van der Waals surface area contributed by atoms with Crippen LogP contribution in [0.2, 0.25) is 0 Å². The van der Waals surface area contributed by atoms with E-state index >= 15 is 0 Å². The summed E-state index contributed by atoms with van der Waals surface area (Å²) in [4.78, 5) is 0. The number of aryl methyl sites for hydroxylation is 2. The third-order valence-electron chi connectivity index (χ3n) is 5.43. The lowest BCUT2D eigenvalue weighted by Gasteiger charge is -2.18. The normalized spacial score (nSPS) is 14.5. The predicted octanol–water partition coefficient (Wildman–Crippen LogP) is 4.23. The van der Waals surface area contributed by atoms with Crippen LogP contribution >= 0.6 is 0 Å². The molecule has 33 heavy (non-hydrogen) atoms. The van der Waals surface area contributed by atoms with Crippen molar-refractivity contribution in [1.29, 1.82) is 0 Å². The number of aliphatic hydroxyl groups excluding tert-OH is 1. The van der Waals surface area contributed by atoms with Crippen LogP contribution in [0.4, 0.5) is 0 Å². The van der Waals surface area contributed by atoms with E-state index < -0.39 is 6.10 Å². The SMILES string of the molecule is Cc1cc(C=Cc2ccccc2OCC(O)CNC(C)CCc2ccc3c(c2)OCO3)on1. The lowest BCUT2D eigenvalue weighted by atomic mass is 10.1. The standard InChI is InChI=1S/C26H30N2O5/c1-18(7-8-20-9-12-25-26(14-20)32-17-31-25)27-15-22(29)16-30-24-6-4-3-5-21(24)10-11-23-13-19(2)28-33-23/h3-6,9-14,18,22,27,29H,7-8,15-17H2,1-2H3. The molecule has 4 rings (SSSR count). The molecular formula is C26H30N2O5. The molecule has 2 atom stereocenters. The minimum absolute atomic E-state index is 0.203. The third kappa shape index (κ3) is 6.60. The van der Waals surface area contributed by atoms with Crippen molar-refractivity contribution < 1.29 is 23.8 Å². The Morgan fingerprint density at radius 1 is 1.12 bits per heavy atom. The molecule has 7 nitrogen and oxygen atoms in total. The molecule has 2 aromatic carbocycles. The Balaban J connectivity index is 1.20. The van der Waals surface area contributed by atoms with E-state index in [0.717, 1.165) is 35.6 Å². The topological polar surface area (TPSA) is 86.0 Å². The van der Waals surface area contributed by atoms with Gasteiger partial charge in [0.05, 0.1) is 5.69 Å². The molecule has 0 spiro atoms. The van der Waals surface area contributed by atoms with Gasteiger partial charge < -0.3 is 29.2 Å². The van der Waals surface area contributed by atoms with Gasteiger partial charge in [-0.15, -0.1) is 0 Å². The summed E-state index contributed by atoms with van der Waals surface area (Å²) in [7, 11) is 0. The van der Waals surface area contributed by atoms with Gasteiger partial charge >= 0.3 is 0 Å². The molecule has 1 aliphatic rings. The number of hydrogen-bond donors (Lipinski definition) is 2. The first-order valence-corrected chi connectivity index (χ1v) is 11.2. The fourth-order valence-electron chi connectivity index (χ4n) is 3.55. The molecule has 1 aromatic heterocycles. The number of fused-ring (bicyclic) bond motifs is 1. The molecular weight excluding hydrogens is 420 g/mol. The minimum atomic E-state index is -0.619. The fourth-order valence-corrected chi connectivity index (χ4v) is 3.55. The molecule has 0 amide bonds. The van der Waals surface area contributed by atoms with E-state index in [2.05, 4.69) is 23.5 Å². The van der Waals surface area contributed by atoms with Crippen molar-refractivity contribution in [3.8, 4) is 17.2 Å². The van der Waals surface area contributed by atoms with Crippen LogP contribution in [0.25, 0.3) is 12.2 Å². The second kappa shape index (κ2) is 11.0. The second-order valence-corrected chi connectivity index (χ2v) is 8.24. The van der Waals surface area contributed by atoms with E-state index in [1.165, 1.54) is 5.56 Å². The van der Waals surface area contributed by atoms with Gasteiger partial charge in [-0.3, -0.25) is 0 Å². The summed E-state index contributed by atoms with van der Waals surface area (Å²) in [5.41, 5.74) is 2.95. The molecule has 0 saturated heterocycles. The Morgan fingerprint density at radius 3 is 2.82 bits per heavy atom. The summed E-state index contributed by atoms with van der Waals surface area (Å²) in [6, 6.07) is 15.9. The summed E-state index contributed by atoms with van der Waals surface area (Å²) < 4.78 is 21.9. The van der Waals surface area contributed by atoms with Crippen molar-refractivity contribution >= 4 is 12.2 Å². The van der Waals surface area contributed by atoms with Crippen LogP contribution in [0.5, 0.6) is 17.2 Å². The van der Waals surface area contributed by atoms with Gasteiger partial charge in [-0.1, -0.05) is 29.4 Å². The molecule has 2 N–H and O–H groups in total. The smallest absolute Gasteiger partial charge is 0.231 e. The van der Waals surface area contributed by atoms with Gasteiger partial charge in [0.25, 0.3) is 0 Å². The van der Waals surface area contributed by atoms with Crippen LogP contribution in [0.3, 0.4) is 0 Å². The Hall–Kier alpha value is -3.29. The number of para-hydroxylation sites is 1. The number of hydrogen-bond acceptors (Lipinski definition) is 7. The lowest BCUT2D eigenvalue weighted by Crippen LogP contribution is -2.36. The minimum Gasteiger partial charge on any atom is -0.490 e. The molecule has 7 heteroatoms. The summed E-state index contributed by atoms with van der Waals surface area (Å²) in [5.74, 6) is 3.01. The highest BCUT2D eigenvalue weighted by Gasteiger charge is 2.14. The number of aromatic nitrogens is 1. The maximum Gasteiger partial charge on any atom is 0.231 e. The van der Waals surface area contributed by atoms with Gasteiger partial charge in [-0.25, -0.2) is 0 Å². The van der Waals surface area contributed by atoms with Gasteiger partial charge in [-0.05, 0) is 62.6 Å². The van der Waals surface area contributed by atoms with E-state index in [1.54, 1.807) is 0 Å². The van der Waals surface area contributed by atoms with Gasteiger partial charge in [0.15, 0.2) is 17.3 Å². The maximum absolute atomic E-state index is 10.4. The Morgan fingerprint density at radius 2 is 1.97 bits per heavy atom. The zero-order valence-electron chi connectivity index (χ0n) is 19.0. The molecule has 0 bridgehead atoms. The molecule has 0 fully saturated rings. The second-order valence-electron chi connectivity index (χ2n) is 8.24. The zero-order valence-corrected chi connectivity index (χ0v) is 19.0. The first-order valence-electron chi connectivity index (χ1n) is 11.2. The number of nitrogens with zero attached hydrogens (tertiary/aromatic N) is 1. The molecule has 174 valence electrons. The van der Waals surface area contributed by atoms with E-state index in [0.29, 0.717) is 24.8 Å². The number of ether oxygens (including phenoxy) is 3. The molecule has 2 unspecified atom stereocenters. The van der Waals surface area contributed by atoms with Crippen LogP contribution in [0.15, 0.2) is 53.1 Å². The van der Waals surface area contributed by atoms with Crippen LogP contribution < -0.4 is 19.5 Å². The van der Waals surface area contributed by atoms with Crippen molar-refractivity contribution in [3.05, 3.63) is 71.1 Å². The fraction of sp³-hybridized carbons (Fsp3) is 0.346. The highest BCUT2D eigenvalue weighted by Crippen LogP contribution is 2.32. The summed E-state index contributed by atoms with van der Waals surface area (Å²) in [5, 5.41) is 17.7. The van der Waals surface area contributed by atoms with Gasteiger partial charge in [0.2, 0.25) is 6.79 Å². The Labute approximate surface area is 194 Å². The van der Waals surface area contributed by atoms with Crippen molar-refractivity contribution in [3.63, 3.8) is 0 Å². The van der Waals surface area contributed by atoms with Crippen LogP contribution in [-0.2, 0) is 6.42 Å². The average molecular weight is 451 g/mol. The van der Waals surface area contributed by atoms with Gasteiger partial charge in [0, 0.05) is 24.2 Å². The van der Waals surface area contributed by atoms with Crippen LogP contribution in [-0.4, -0.2) is 42.4 Å². The summed E-state index contributed by atoms with van der Waals surface area (Å²) >= 11 is 0. The molecule has 2 heterocycles. The molecule has 0 aliphatic carbocycles. The van der Waals surface area contributed by atoms with Crippen molar-refractivity contribution in [2.45, 2.75) is 38.8 Å². The summed E-state index contributed by atoms with van der Waals surface area (Å²) in [6.07, 6.45) is 5.01. The van der Waals surface area contributed by atoms with E-state index in [1.807, 2.05) is 61.5 Å². The first-order chi connectivity index (χ1) is 16.1. The Bertz CT molecular complexity index is 1080. The number of aliphatic hydroxyl groups is 1. The molecule has 3 aromatic rings. The molecule has 0 saturated carbocycles. The first kappa shape index (κ1) is 22.9. The molecule has 1 aliphatic heterocycles. The maximum atomic E-state index is 10.4. The van der Waals surface area contributed by atoms with Crippen LogP contribution in [0.1, 0.15) is 35.9 Å². The predicted molar refractivity (Wildman–Crippen MR) is 126 cm³/mol. The average Bonchev–Trinajstić information content (AvgIpc) is 3.47. The largest absolute Gasteiger partial charge is 0.490 e. The number of nitrogens with one attached hydrogen (secondary N) is 1. The van der Waals surface area contributed by atoms with Gasteiger partial charge in [-0.2, -0.15) is 0 Å². The van der Waals surface area contributed by atoms with Crippen molar-refractivity contribution in [1.82, 2.24) is 10.5 Å². The highest BCUT2D eigenvalue weighted by molar-refractivity contribution is 5.70. The lowest BCUT2D eigenvalue weighted by molar-refractivity contribution is 0.104. The zero-order chi connectivity index (χ0) is 23.0. The van der Waals surface area contributed by atoms with Gasteiger partial charge in [0.1, 0.15) is 18.5 Å². The van der Waals surface area contributed by atoms with E-state index in [4.69, 9.17) is 18.7 Å². The quantitative estimate of drug-likeness (QED) is 0.452. The summed E-state index contributed by atoms with van der Waals surface area (Å²) in [6.45, 7) is 4.95. The number of rotatable bonds is 11. The third-order valence-corrected chi connectivity index (χ3v) is 5.43. The van der Waals surface area contributed by atoms with Crippen molar-refractivity contribution in [2.24, 2.45) is 0 Å². The van der Waals surface area contributed by atoms with E-state index in [9.17, 15) is 5.11 Å². The highest BCUT2D eigenvalue weighted by atomic mass is 16.7.